The van der Waals surface area contributed by atoms with Gasteiger partial charge in [-0.3, -0.25) is 0 Å². The summed E-state index contributed by atoms with van der Waals surface area (Å²) >= 11 is -1.55. The van der Waals surface area contributed by atoms with E-state index in [0.717, 1.165) is 6.42 Å². The summed E-state index contributed by atoms with van der Waals surface area (Å²) in [4.78, 5) is 10.2. The molecule has 0 amide bonds. The van der Waals surface area contributed by atoms with Crippen molar-refractivity contribution >= 4 is 27.4 Å². The van der Waals surface area contributed by atoms with Gasteiger partial charge >= 0.3 is 62.0 Å². The first-order valence-electron chi connectivity index (χ1n) is 3.17. The van der Waals surface area contributed by atoms with Crippen molar-refractivity contribution in [2.45, 2.75) is 14.8 Å². The van der Waals surface area contributed by atoms with Crippen LogP contribution in [0.1, 0.15) is 6.42 Å². The molecular formula is C6H9InO2. The molecule has 1 aliphatic rings. The second kappa shape index (κ2) is 3.30. The first-order valence-corrected chi connectivity index (χ1v) is 9.74. The fourth-order valence-electron chi connectivity index (χ4n) is 1.09. The molecule has 0 saturated carbocycles. The van der Waals surface area contributed by atoms with Crippen molar-refractivity contribution in [2.75, 3.05) is 0 Å². The van der Waals surface area contributed by atoms with E-state index in [9.17, 15) is 4.79 Å². The van der Waals surface area contributed by atoms with Gasteiger partial charge in [-0.05, 0) is 0 Å². The zero-order valence-electron chi connectivity index (χ0n) is 5.21. The Hall–Kier alpha value is 0.0801. The van der Waals surface area contributed by atoms with Gasteiger partial charge in [0, 0.05) is 0 Å². The van der Waals surface area contributed by atoms with Crippen LogP contribution in [0.25, 0.3) is 0 Å². The summed E-state index contributed by atoms with van der Waals surface area (Å²) in [5, 5.41) is 8.39. The molecule has 0 saturated heterocycles. The molecular weight excluding hydrogens is 219 g/mol. The predicted octanol–water partition coefficient (Wildman–Crippen LogP) is 1.06. The Morgan fingerprint density at radius 2 is 2.56 bits per heavy atom. The Labute approximate surface area is 62.1 Å². The van der Waals surface area contributed by atoms with E-state index in [1.54, 1.807) is 0 Å². The molecule has 0 aromatic heterocycles. The van der Waals surface area contributed by atoms with Gasteiger partial charge in [-0.2, -0.15) is 0 Å². The van der Waals surface area contributed by atoms with Crippen molar-refractivity contribution < 1.29 is 9.90 Å². The van der Waals surface area contributed by atoms with Gasteiger partial charge < -0.3 is 0 Å². The standard InChI is InChI=1S/C4H6.C2H3O2.In/c1-3-4-2;1-2(3)4;/h1,3H,2,4H2;1H2,(H,3,4);. The molecule has 1 heterocycles. The summed E-state index contributed by atoms with van der Waals surface area (Å²) in [7, 11) is 0. The molecule has 3 heteroatoms. The molecule has 0 atom stereocenters. The summed E-state index contributed by atoms with van der Waals surface area (Å²) in [5.74, 6) is -0.595. The number of allylic oxidation sites excluding steroid dienone is 1. The third kappa shape index (κ3) is 2.43. The molecule has 1 aliphatic heterocycles. The number of carboxylic acids is 1. The number of hydrogen-bond acceptors (Lipinski definition) is 1. The Balaban J connectivity index is 2.28. The van der Waals surface area contributed by atoms with Crippen molar-refractivity contribution in [1.29, 1.82) is 0 Å². The van der Waals surface area contributed by atoms with E-state index in [1.807, 2.05) is 0 Å². The van der Waals surface area contributed by atoms with Gasteiger partial charge in [0.25, 0.3) is 0 Å². The van der Waals surface area contributed by atoms with Crippen LogP contribution < -0.4 is 0 Å². The molecule has 0 bridgehead atoms. The van der Waals surface area contributed by atoms with Crippen LogP contribution in [0.3, 0.4) is 0 Å². The number of carbonyl (C=O) groups is 1. The molecule has 0 aromatic carbocycles. The van der Waals surface area contributed by atoms with E-state index in [1.165, 1.54) is 4.18 Å². The van der Waals surface area contributed by atoms with Crippen LogP contribution in [0, 0.1) is 0 Å². The van der Waals surface area contributed by atoms with Gasteiger partial charge in [0.1, 0.15) is 0 Å². The zero-order chi connectivity index (χ0) is 6.69. The topological polar surface area (TPSA) is 37.3 Å². The van der Waals surface area contributed by atoms with Crippen LogP contribution in [-0.4, -0.2) is 32.5 Å². The van der Waals surface area contributed by atoms with Crippen LogP contribution in [0.4, 0.5) is 0 Å². The third-order valence-electron chi connectivity index (χ3n) is 1.55. The molecule has 0 radical (unpaired) electrons. The van der Waals surface area contributed by atoms with E-state index < -0.39 is 27.4 Å². The van der Waals surface area contributed by atoms with Gasteiger partial charge in [-0.15, -0.1) is 0 Å². The Morgan fingerprint density at radius 3 is 3.00 bits per heavy atom. The van der Waals surface area contributed by atoms with Crippen molar-refractivity contribution in [2.24, 2.45) is 0 Å². The summed E-state index contributed by atoms with van der Waals surface area (Å²) in [5.41, 5.74) is 0. The Bertz CT molecular complexity index is 142. The van der Waals surface area contributed by atoms with Gasteiger partial charge in [0.2, 0.25) is 0 Å². The van der Waals surface area contributed by atoms with Gasteiger partial charge in [-0.1, -0.05) is 0 Å². The van der Waals surface area contributed by atoms with E-state index in [-0.39, 0.29) is 0 Å². The molecule has 0 aliphatic carbocycles. The molecule has 1 rings (SSSR count). The monoisotopic (exact) mass is 228 g/mol. The van der Waals surface area contributed by atoms with Crippen LogP contribution >= 0.6 is 0 Å². The third-order valence-corrected chi connectivity index (χ3v) is 9.44. The molecule has 9 heavy (non-hydrogen) atoms. The number of rotatable bonds is 2. The van der Waals surface area contributed by atoms with Crippen molar-refractivity contribution in [3.05, 3.63) is 9.91 Å². The summed E-state index contributed by atoms with van der Waals surface area (Å²) < 4.78 is 3.95. The van der Waals surface area contributed by atoms with E-state index in [4.69, 9.17) is 5.11 Å². The van der Waals surface area contributed by atoms with Gasteiger partial charge in [0.15, 0.2) is 0 Å². The van der Waals surface area contributed by atoms with Crippen LogP contribution in [-0.2, 0) is 4.79 Å². The van der Waals surface area contributed by atoms with E-state index in [0.29, 0.717) is 4.18 Å². The normalized spacial score (nSPS) is 16.7. The molecule has 0 unspecified atom stereocenters. The SMILES string of the molecule is O=C(O)[CH2][In]1[CH]=CC[CH2]1. The maximum absolute atomic E-state index is 10.2. The van der Waals surface area contributed by atoms with Crippen LogP contribution in [0.15, 0.2) is 9.91 Å². The number of hydrogen-bond donors (Lipinski definition) is 1. The first-order chi connectivity index (χ1) is 4.29. The van der Waals surface area contributed by atoms with Crippen LogP contribution in [0.5, 0.6) is 0 Å². The van der Waals surface area contributed by atoms with Gasteiger partial charge in [0.05, 0.1) is 0 Å². The van der Waals surface area contributed by atoms with Crippen LogP contribution in [0.2, 0.25) is 8.35 Å². The van der Waals surface area contributed by atoms with E-state index in [2.05, 4.69) is 9.91 Å². The quantitative estimate of drug-likeness (QED) is 0.767. The molecule has 0 aromatic rings. The van der Waals surface area contributed by atoms with Crippen molar-refractivity contribution in [1.82, 2.24) is 0 Å². The van der Waals surface area contributed by atoms with Gasteiger partial charge in [-0.25, -0.2) is 0 Å². The maximum atomic E-state index is 10.2. The van der Waals surface area contributed by atoms with Crippen molar-refractivity contribution in [3.63, 3.8) is 0 Å². The average molecular weight is 228 g/mol. The molecule has 2 nitrogen and oxygen atoms in total. The van der Waals surface area contributed by atoms with Crippen molar-refractivity contribution in [3.8, 4) is 0 Å². The Morgan fingerprint density at radius 1 is 1.78 bits per heavy atom. The predicted molar refractivity (Wildman–Crippen MR) is 36.8 cm³/mol. The molecule has 48 valence electrons. The fourth-order valence-corrected chi connectivity index (χ4v) is 7.31. The summed E-state index contributed by atoms with van der Waals surface area (Å²) in [6.45, 7) is 0. The molecule has 0 spiro atoms. The minimum absolute atomic E-state index is 0.512. The van der Waals surface area contributed by atoms with E-state index >= 15 is 0 Å². The fraction of sp³-hybridized carbons (Fsp3) is 0.500. The summed E-state index contributed by atoms with van der Waals surface area (Å²) in [6.07, 6.45) is 3.29. The summed E-state index contributed by atoms with van der Waals surface area (Å²) in [6, 6.07) is 0. The average Bonchev–Trinajstić information content (AvgIpc) is 2.15. The zero-order valence-corrected chi connectivity index (χ0v) is 8.50. The molecule has 0 fully saturated rings. The second-order valence-corrected chi connectivity index (χ2v) is 10.6. The Kier molecular flexibility index (Phi) is 2.64. The number of carboxylic acid groups (broad SMARTS) is 1. The second-order valence-electron chi connectivity index (χ2n) is 2.36. The molecule has 1 N–H and O–H groups in total. The first kappa shape index (κ1) is 7.19. The number of aliphatic carboxylic acids is 1. The minimum atomic E-state index is -1.55.